The highest BCUT2D eigenvalue weighted by Crippen LogP contribution is 2.26. The SMILES string of the molecule is Cc1ccc(N)c(C(=O)c2c[nH]c3cccc(C)c23)c1. The first-order valence-electron chi connectivity index (χ1n) is 6.55. The average molecular weight is 264 g/mol. The van der Waals surface area contributed by atoms with Crippen molar-refractivity contribution in [1.82, 2.24) is 4.98 Å². The zero-order chi connectivity index (χ0) is 14.3. The fraction of sp³-hybridized carbons (Fsp3) is 0.118. The second-order valence-electron chi connectivity index (χ2n) is 5.12. The van der Waals surface area contributed by atoms with E-state index in [2.05, 4.69) is 4.98 Å². The number of anilines is 1. The van der Waals surface area contributed by atoms with Crippen molar-refractivity contribution in [2.75, 3.05) is 5.73 Å². The summed E-state index contributed by atoms with van der Waals surface area (Å²) >= 11 is 0. The number of carbonyl (C=O) groups excluding carboxylic acids is 1. The average Bonchev–Trinajstić information content (AvgIpc) is 2.86. The van der Waals surface area contributed by atoms with Crippen molar-refractivity contribution >= 4 is 22.4 Å². The molecule has 0 unspecified atom stereocenters. The van der Waals surface area contributed by atoms with E-state index in [-0.39, 0.29) is 5.78 Å². The molecule has 0 spiro atoms. The number of ketones is 1. The summed E-state index contributed by atoms with van der Waals surface area (Å²) in [5, 5.41) is 0.971. The molecule has 0 saturated heterocycles. The smallest absolute Gasteiger partial charge is 0.197 e. The third kappa shape index (κ3) is 1.88. The van der Waals surface area contributed by atoms with Gasteiger partial charge in [-0.15, -0.1) is 0 Å². The van der Waals surface area contributed by atoms with E-state index in [0.29, 0.717) is 16.8 Å². The Morgan fingerprint density at radius 1 is 1.10 bits per heavy atom. The summed E-state index contributed by atoms with van der Waals surface area (Å²) in [6.45, 7) is 3.96. The van der Waals surface area contributed by atoms with Crippen LogP contribution in [0, 0.1) is 13.8 Å². The standard InChI is InChI=1S/C17H16N2O/c1-10-6-7-14(18)12(8-10)17(20)13-9-19-15-5-3-4-11(2)16(13)15/h3-9,19H,18H2,1-2H3. The van der Waals surface area contributed by atoms with E-state index >= 15 is 0 Å². The van der Waals surface area contributed by atoms with Crippen molar-refractivity contribution in [3.63, 3.8) is 0 Å². The minimum atomic E-state index is -0.0354. The quantitative estimate of drug-likeness (QED) is 0.549. The van der Waals surface area contributed by atoms with E-state index in [1.54, 1.807) is 12.3 Å². The number of carbonyl (C=O) groups is 1. The Morgan fingerprint density at radius 3 is 2.70 bits per heavy atom. The molecule has 0 radical (unpaired) electrons. The number of nitrogen functional groups attached to an aromatic ring is 1. The monoisotopic (exact) mass is 264 g/mol. The van der Waals surface area contributed by atoms with Gasteiger partial charge in [0.1, 0.15) is 0 Å². The Kier molecular flexibility index (Phi) is 2.83. The highest BCUT2D eigenvalue weighted by molar-refractivity contribution is 6.19. The number of benzene rings is 2. The Hall–Kier alpha value is -2.55. The third-order valence-electron chi connectivity index (χ3n) is 3.61. The topological polar surface area (TPSA) is 58.9 Å². The van der Waals surface area contributed by atoms with E-state index in [1.807, 2.05) is 44.2 Å². The Morgan fingerprint density at radius 2 is 1.90 bits per heavy atom. The summed E-state index contributed by atoms with van der Waals surface area (Å²) in [7, 11) is 0. The fourth-order valence-electron chi connectivity index (χ4n) is 2.56. The van der Waals surface area contributed by atoms with Gasteiger partial charge in [-0.1, -0.05) is 23.8 Å². The molecule has 0 fully saturated rings. The number of aromatic amines is 1. The van der Waals surface area contributed by atoms with Gasteiger partial charge in [0.05, 0.1) is 0 Å². The van der Waals surface area contributed by atoms with Crippen LogP contribution in [0.25, 0.3) is 10.9 Å². The Labute approximate surface area is 117 Å². The molecule has 1 aromatic heterocycles. The van der Waals surface area contributed by atoms with Crippen LogP contribution in [0.1, 0.15) is 27.0 Å². The third-order valence-corrected chi connectivity index (χ3v) is 3.61. The molecule has 0 aliphatic carbocycles. The molecule has 0 atom stereocenters. The fourth-order valence-corrected chi connectivity index (χ4v) is 2.56. The molecule has 0 amide bonds. The van der Waals surface area contributed by atoms with Gasteiger partial charge in [-0.25, -0.2) is 0 Å². The molecule has 3 N–H and O–H groups in total. The predicted octanol–water partition coefficient (Wildman–Crippen LogP) is 3.60. The van der Waals surface area contributed by atoms with Gasteiger partial charge in [0.25, 0.3) is 0 Å². The van der Waals surface area contributed by atoms with Gasteiger partial charge in [0, 0.05) is 33.9 Å². The largest absolute Gasteiger partial charge is 0.398 e. The van der Waals surface area contributed by atoms with Gasteiger partial charge in [0.15, 0.2) is 5.78 Å². The van der Waals surface area contributed by atoms with E-state index < -0.39 is 0 Å². The van der Waals surface area contributed by atoms with E-state index in [0.717, 1.165) is 22.0 Å². The van der Waals surface area contributed by atoms with Gasteiger partial charge >= 0.3 is 0 Å². The van der Waals surface area contributed by atoms with Crippen LogP contribution in [0.5, 0.6) is 0 Å². The number of H-pyrrole nitrogens is 1. The highest BCUT2D eigenvalue weighted by atomic mass is 16.1. The second-order valence-corrected chi connectivity index (χ2v) is 5.12. The van der Waals surface area contributed by atoms with Crippen molar-refractivity contribution in [3.8, 4) is 0 Å². The highest BCUT2D eigenvalue weighted by Gasteiger charge is 2.17. The van der Waals surface area contributed by atoms with Crippen LogP contribution in [-0.2, 0) is 0 Å². The molecule has 0 aliphatic rings. The first-order valence-corrected chi connectivity index (χ1v) is 6.55. The second kappa shape index (κ2) is 4.53. The predicted molar refractivity (Wildman–Crippen MR) is 82.1 cm³/mol. The molecular weight excluding hydrogens is 248 g/mol. The van der Waals surface area contributed by atoms with E-state index in [4.69, 9.17) is 5.73 Å². The zero-order valence-electron chi connectivity index (χ0n) is 11.5. The number of aromatic nitrogens is 1. The molecular formula is C17H16N2O. The maximum absolute atomic E-state index is 12.7. The van der Waals surface area contributed by atoms with Gasteiger partial charge in [-0.2, -0.15) is 0 Å². The summed E-state index contributed by atoms with van der Waals surface area (Å²) in [6.07, 6.45) is 1.77. The number of nitrogens with two attached hydrogens (primary N) is 1. The molecule has 1 heterocycles. The van der Waals surface area contributed by atoms with Crippen LogP contribution in [0.3, 0.4) is 0 Å². The lowest BCUT2D eigenvalue weighted by Gasteiger charge is -2.06. The van der Waals surface area contributed by atoms with Crippen molar-refractivity contribution in [1.29, 1.82) is 0 Å². The molecule has 3 rings (SSSR count). The van der Waals surface area contributed by atoms with Crippen molar-refractivity contribution in [2.24, 2.45) is 0 Å². The molecule has 3 heteroatoms. The number of hydrogen-bond acceptors (Lipinski definition) is 2. The lowest BCUT2D eigenvalue weighted by Crippen LogP contribution is -2.05. The number of rotatable bonds is 2. The van der Waals surface area contributed by atoms with Crippen LogP contribution < -0.4 is 5.73 Å². The molecule has 3 nitrogen and oxygen atoms in total. The summed E-state index contributed by atoms with van der Waals surface area (Å²) in [6, 6.07) is 11.5. The maximum Gasteiger partial charge on any atom is 0.197 e. The number of hydrogen-bond donors (Lipinski definition) is 2. The summed E-state index contributed by atoms with van der Waals surface area (Å²) in [4.78, 5) is 15.9. The van der Waals surface area contributed by atoms with Crippen molar-refractivity contribution in [2.45, 2.75) is 13.8 Å². The van der Waals surface area contributed by atoms with E-state index in [9.17, 15) is 4.79 Å². The molecule has 0 aliphatic heterocycles. The normalized spacial score (nSPS) is 10.9. The number of fused-ring (bicyclic) bond motifs is 1. The minimum absolute atomic E-state index is 0.0354. The minimum Gasteiger partial charge on any atom is -0.398 e. The van der Waals surface area contributed by atoms with Crippen LogP contribution >= 0.6 is 0 Å². The lowest BCUT2D eigenvalue weighted by molar-refractivity contribution is 0.104. The van der Waals surface area contributed by atoms with E-state index in [1.165, 1.54) is 0 Å². The van der Waals surface area contributed by atoms with Gasteiger partial charge in [-0.3, -0.25) is 4.79 Å². The van der Waals surface area contributed by atoms with Crippen LogP contribution in [-0.4, -0.2) is 10.8 Å². The van der Waals surface area contributed by atoms with Gasteiger partial charge < -0.3 is 10.7 Å². The Balaban J connectivity index is 2.21. The summed E-state index contributed by atoms with van der Waals surface area (Å²) in [5.41, 5.74) is 10.8. The first-order chi connectivity index (χ1) is 9.58. The molecule has 2 aromatic carbocycles. The maximum atomic E-state index is 12.7. The molecule has 0 bridgehead atoms. The molecule has 100 valence electrons. The van der Waals surface area contributed by atoms with Crippen molar-refractivity contribution in [3.05, 3.63) is 64.8 Å². The van der Waals surface area contributed by atoms with Crippen LogP contribution in [0.15, 0.2) is 42.6 Å². The molecule has 20 heavy (non-hydrogen) atoms. The van der Waals surface area contributed by atoms with Crippen LogP contribution in [0.2, 0.25) is 0 Å². The van der Waals surface area contributed by atoms with Crippen molar-refractivity contribution < 1.29 is 4.79 Å². The number of aryl methyl sites for hydroxylation is 2. The lowest BCUT2D eigenvalue weighted by atomic mass is 9.98. The first kappa shape index (κ1) is 12.5. The van der Waals surface area contributed by atoms with Gasteiger partial charge in [-0.05, 0) is 37.6 Å². The zero-order valence-corrected chi connectivity index (χ0v) is 11.5. The molecule has 0 saturated carbocycles. The summed E-state index contributed by atoms with van der Waals surface area (Å²) in [5.74, 6) is -0.0354. The summed E-state index contributed by atoms with van der Waals surface area (Å²) < 4.78 is 0. The number of nitrogens with one attached hydrogen (secondary N) is 1. The molecule has 3 aromatic rings. The van der Waals surface area contributed by atoms with Gasteiger partial charge in [0.2, 0.25) is 0 Å². The Bertz CT molecular complexity index is 815. The van der Waals surface area contributed by atoms with Crippen LogP contribution in [0.4, 0.5) is 5.69 Å².